The average Bonchev–Trinajstić information content (AvgIpc) is 2.32. The molecule has 2 aromatic carbocycles. The zero-order valence-electron chi connectivity index (χ0n) is 8.36. The standard InChI is InChI=1S/C12H10N2O2/c13-10-8(7-4-2-1-3-5-7)6-9(15)12(16)11(10)14/h1-4,15-16H,13-14H2. The number of nitrogen functional groups attached to an aromatic ring is 2. The fourth-order valence-electron chi connectivity index (χ4n) is 1.40. The highest BCUT2D eigenvalue weighted by Gasteiger charge is 2.14. The smallest absolute Gasteiger partial charge is 0.183 e. The fourth-order valence-corrected chi connectivity index (χ4v) is 1.40. The van der Waals surface area contributed by atoms with E-state index >= 15 is 0 Å². The Bertz CT molecular complexity index is 524. The SMILES string of the molecule is Nc1c(-c2[c]cccc2)[c]c(O)c(O)c1N. The topological polar surface area (TPSA) is 92.5 Å². The molecule has 0 aliphatic rings. The number of nitrogens with two attached hydrogens (primary N) is 2. The van der Waals surface area contributed by atoms with E-state index in [1.54, 1.807) is 18.2 Å². The maximum Gasteiger partial charge on any atom is 0.183 e. The van der Waals surface area contributed by atoms with Crippen LogP contribution in [0.15, 0.2) is 24.3 Å². The molecular weight excluding hydrogens is 204 g/mol. The summed E-state index contributed by atoms with van der Waals surface area (Å²) in [4.78, 5) is 0. The monoisotopic (exact) mass is 214 g/mol. The van der Waals surface area contributed by atoms with Crippen LogP contribution in [0.3, 0.4) is 0 Å². The third kappa shape index (κ3) is 1.50. The molecule has 0 fully saturated rings. The average molecular weight is 214 g/mol. The third-order valence-electron chi connectivity index (χ3n) is 2.26. The van der Waals surface area contributed by atoms with Gasteiger partial charge in [0.15, 0.2) is 11.5 Å². The van der Waals surface area contributed by atoms with Gasteiger partial charge in [0.05, 0.1) is 5.69 Å². The first-order valence-electron chi connectivity index (χ1n) is 4.60. The molecule has 0 bridgehead atoms. The minimum Gasteiger partial charge on any atom is -0.504 e. The van der Waals surface area contributed by atoms with Crippen LogP contribution in [0.25, 0.3) is 11.1 Å². The molecule has 0 aliphatic carbocycles. The Hall–Kier alpha value is -2.36. The van der Waals surface area contributed by atoms with Crippen LogP contribution < -0.4 is 11.5 Å². The Morgan fingerprint density at radius 3 is 2.44 bits per heavy atom. The summed E-state index contributed by atoms with van der Waals surface area (Å²) in [7, 11) is 0. The number of phenolic OH excluding ortho intramolecular Hbond substituents is 2. The molecule has 0 saturated heterocycles. The number of phenols is 2. The van der Waals surface area contributed by atoms with E-state index < -0.39 is 11.5 Å². The lowest BCUT2D eigenvalue weighted by molar-refractivity contribution is 0.405. The second kappa shape index (κ2) is 3.66. The summed E-state index contributed by atoms with van der Waals surface area (Å²) >= 11 is 0. The van der Waals surface area contributed by atoms with Crippen molar-refractivity contribution in [3.05, 3.63) is 36.4 Å². The van der Waals surface area contributed by atoms with Gasteiger partial charge in [0.25, 0.3) is 0 Å². The van der Waals surface area contributed by atoms with Gasteiger partial charge in [0, 0.05) is 11.6 Å². The van der Waals surface area contributed by atoms with Crippen LogP contribution in [0.4, 0.5) is 11.4 Å². The van der Waals surface area contributed by atoms with Gasteiger partial charge in [0.2, 0.25) is 0 Å². The molecule has 0 atom stereocenters. The minimum atomic E-state index is -0.447. The summed E-state index contributed by atoms with van der Waals surface area (Å²) in [5.74, 6) is -0.865. The number of aromatic hydroxyl groups is 2. The van der Waals surface area contributed by atoms with Crippen molar-refractivity contribution < 1.29 is 10.2 Å². The van der Waals surface area contributed by atoms with Gasteiger partial charge >= 0.3 is 0 Å². The summed E-state index contributed by atoms with van der Waals surface area (Å²) in [6.07, 6.45) is 0. The molecule has 0 spiro atoms. The van der Waals surface area contributed by atoms with Crippen molar-refractivity contribution in [2.24, 2.45) is 0 Å². The Morgan fingerprint density at radius 2 is 1.81 bits per heavy atom. The van der Waals surface area contributed by atoms with Crippen LogP contribution in [0.5, 0.6) is 11.5 Å². The molecule has 4 heteroatoms. The predicted molar refractivity (Wildman–Crippen MR) is 61.7 cm³/mol. The molecule has 0 aliphatic heterocycles. The molecule has 2 aromatic rings. The van der Waals surface area contributed by atoms with Crippen LogP contribution in [-0.2, 0) is 0 Å². The molecule has 2 radical (unpaired) electrons. The highest BCUT2D eigenvalue weighted by Crippen LogP contribution is 2.41. The summed E-state index contributed by atoms with van der Waals surface area (Å²) in [5.41, 5.74) is 12.5. The minimum absolute atomic E-state index is 0.0523. The highest BCUT2D eigenvalue weighted by molar-refractivity contribution is 5.89. The van der Waals surface area contributed by atoms with Crippen LogP contribution >= 0.6 is 0 Å². The van der Waals surface area contributed by atoms with Gasteiger partial charge in [-0.3, -0.25) is 0 Å². The molecule has 16 heavy (non-hydrogen) atoms. The first-order chi connectivity index (χ1) is 7.61. The number of hydrogen-bond donors (Lipinski definition) is 4. The van der Waals surface area contributed by atoms with Crippen molar-refractivity contribution in [3.8, 4) is 22.6 Å². The molecule has 80 valence electrons. The molecule has 4 nitrogen and oxygen atoms in total. The van der Waals surface area contributed by atoms with E-state index in [0.29, 0.717) is 11.1 Å². The molecule has 0 saturated carbocycles. The van der Waals surface area contributed by atoms with E-state index in [-0.39, 0.29) is 11.4 Å². The summed E-state index contributed by atoms with van der Waals surface area (Å²) < 4.78 is 0. The predicted octanol–water partition coefficient (Wildman–Crippen LogP) is 1.53. The van der Waals surface area contributed by atoms with Gasteiger partial charge in [-0.15, -0.1) is 0 Å². The van der Waals surface area contributed by atoms with Gasteiger partial charge < -0.3 is 21.7 Å². The Balaban J connectivity index is 2.68. The zero-order chi connectivity index (χ0) is 11.7. The largest absolute Gasteiger partial charge is 0.504 e. The number of hydrogen-bond acceptors (Lipinski definition) is 4. The van der Waals surface area contributed by atoms with E-state index in [2.05, 4.69) is 12.1 Å². The Labute approximate surface area is 92.8 Å². The fraction of sp³-hybridized carbons (Fsp3) is 0. The lowest BCUT2D eigenvalue weighted by atomic mass is 10.0. The molecule has 0 aromatic heterocycles. The Kier molecular flexibility index (Phi) is 2.32. The van der Waals surface area contributed by atoms with Crippen molar-refractivity contribution in [2.75, 3.05) is 11.5 Å². The van der Waals surface area contributed by atoms with E-state index in [9.17, 15) is 10.2 Å². The van der Waals surface area contributed by atoms with E-state index in [4.69, 9.17) is 11.5 Å². The lowest BCUT2D eigenvalue weighted by Crippen LogP contribution is -1.98. The first kappa shape index (κ1) is 10.2. The lowest BCUT2D eigenvalue weighted by Gasteiger charge is -2.10. The van der Waals surface area contributed by atoms with Gasteiger partial charge in [-0.05, 0) is 11.6 Å². The molecule has 0 heterocycles. The molecule has 0 unspecified atom stereocenters. The summed E-state index contributed by atoms with van der Waals surface area (Å²) in [6, 6.07) is 12.6. The molecule has 6 N–H and O–H groups in total. The second-order valence-corrected chi connectivity index (χ2v) is 3.30. The van der Waals surface area contributed by atoms with E-state index in [1.165, 1.54) is 0 Å². The first-order valence-corrected chi connectivity index (χ1v) is 4.60. The molecule has 0 amide bonds. The van der Waals surface area contributed by atoms with Crippen LogP contribution in [0.1, 0.15) is 0 Å². The van der Waals surface area contributed by atoms with E-state index in [0.717, 1.165) is 0 Å². The Morgan fingerprint density at radius 1 is 1.06 bits per heavy atom. The maximum atomic E-state index is 9.41. The van der Waals surface area contributed by atoms with Gasteiger partial charge in [-0.1, -0.05) is 24.3 Å². The molecular formula is C12H10N2O2. The quantitative estimate of drug-likeness (QED) is 0.329. The summed E-state index contributed by atoms with van der Waals surface area (Å²) in [5, 5.41) is 18.8. The van der Waals surface area contributed by atoms with Gasteiger partial charge in [0.1, 0.15) is 5.69 Å². The van der Waals surface area contributed by atoms with Crippen LogP contribution in [0.2, 0.25) is 0 Å². The van der Waals surface area contributed by atoms with Crippen molar-refractivity contribution in [3.63, 3.8) is 0 Å². The maximum absolute atomic E-state index is 9.41. The van der Waals surface area contributed by atoms with Crippen molar-refractivity contribution in [1.29, 1.82) is 0 Å². The third-order valence-corrected chi connectivity index (χ3v) is 2.26. The van der Waals surface area contributed by atoms with Crippen molar-refractivity contribution in [2.45, 2.75) is 0 Å². The number of anilines is 2. The van der Waals surface area contributed by atoms with Crippen LogP contribution in [-0.4, -0.2) is 10.2 Å². The zero-order valence-corrected chi connectivity index (χ0v) is 8.36. The van der Waals surface area contributed by atoms with E-state index in [1.807, 2.05) is 6.07 Å². The van der Waals surface area contributed by atoms with Gasteiger partial charge in [-0.25, -0.2) is 0 Å². The molecule has 2 rings (SSSR count). The summed E-state index contributed by atoms with van der Waals surface area (Å²) in [6.45, 7) is 0. The van der Waals surface area contributed by atoms with Crippen molar-refractivity contribution >= 4 is 11.4 Å². The highest BCUT2D eigenvalue weighted by atomic mass is 16.3. The normalized spacial score (nSPS) is 10.2. The number of rotatable bonds is 1. The van der Waals surface area contributed by atoms with Gasteiger partial charge in [-0.2, -0.15) is 0 Å². The van der Waals surface area contributed by atoms with Crippen LogP contribution in [0, 0.1) is 12.1 Å². The second-order valence-electron chi connectivity index (χ2n) is 3.30. The van der Waals surface area contributed by atoms with Crippen molar-refractivity contribution in [1.82, 2.24) is 0 Å². The number of benzene rings is 2.